The molecule has 0 spiro atoms. The van der Waals surface area contributed by atoms with E-state index in [9.17, 15) is 9.59 Å². The Kier molecular flexibility index (Phi) is 6.46. The molecule has 2 amide bonds. The zero-order valence-corrected chi connectivity index (χ0v) is 17.7. The van der Waals surface area contributed by atoms with Crippen LogP contribution < -0.4 is 10.6 Å². The van der Waals surface area contributed by atoms with Crippen molar-refractivity contribution in [2.45, 2.75) is 18.9 Å². The Hall–Kier alpha value is -4.12. The summed E-state index contributed by atoms with van der Waals surface area (Å²) in [6.45, 7) is 2.01. The Morgan fingerprint density at radius 1 is 0.750 bits per heavy atom. The average Bonchev–Trinajstić information content (AvgIpc) is 3.36. The second kappa shape index (κ2) is 9.79. The number of hydrogen-bond acceptors (Lipinski definition) is 3. The number of anilines is 1. The lowest BCUT2D eigenvalue weighted by Crippen LogP contribution is -2.37. The summed E-state index contributed by atoms with van der Waals surface area (Å²) in [5.41, 5.74) is 3.25. The van der Waals surface area contributed by atoms with E-state index in [1.54, 1.807) is 36.4 Å². The summed E-state index contributed by atoms with van der Waals surface area (Å²) in [5.74, 6) is -0.358. The molecule has 160 valence electrons. The van der Waals surface area contributed by atoms with Crippen molar-refractivity contribution in [3.8, 4) is 0 Å². The highest BCUT2D eigenvalue weighted by atomic mass is 16.3. The summed E-state index contributed by atoms with van der Waals surface area (Å²) in [6.07, 6.45) is 1.44. The van der Waals surface area contributed by atoms with Crippen molar-refractivity contribution in [2.75, 3.05) is 5.32 Å². The van der Waals surface area contributed by atoms with Crippen LogP contribution in [-0.2, 0) is 0 Å². The van der Waals surface area contributed by atoms with E-state index in [-0.39, 0.29) is 29.5 Å². The van der Waals surface area contributed by atoms with E-state index in [4.69, 9.17) is 4.42 Å². The second-order valence-corrected chi connectivity index (χ2v) is 7.57. The van der Waals surface area contributed by atoms with Crippen molar-refractivity contribution in [2.24, 2.45) is 0 Å². The highest BCUT2D eigenvalue weighted by Gasteiger charge is 2.23. The van der Waals surface area contributed by atoms with Crippen LogP contribution in [0.2, 0.25) is 0 Å². The minimum Gasteiger partial charge on any atom is -0.459 e. The molecule has 1 heterocycles. The van der Waals surface area contributed by atoms with Crippen LogP contribution in [0.1, 0.15) is 44.9 Å². The number of furan rings is 1. The van der Waals surface area contributed by atoms with Gasteiger partial charge in [0.15, 0.2) is 5.76 Å². The lowest BCUT2D eigenvalue weighted by molar-refractivity contribution is 0.0935. The first kappa shape index (κ1) is 21.1. The summed E-state index contributed by atoms with van der Waals surface area (Å²) < 4.78 is 5.12. The predicted molar refractivity (Wildman–Crippen MR) is 125 cm³/mol. The van der Waals surface area contributed by atoms with Crippen molar-refractivity contribution in [3.05, 3.63) is 126 Å². The lowest BCUT2D eigenvalue weighted by Gasteiger charge is -2.26. The van der Waals surface area contributed by atoms with Crippen LogP contribution in [-0.4, -0.2) is 17.9 Å². The van der Waals surface area contributed by atoms with Crippen molar-refractivity contribution in [1.82, 2.24) is 5.32 Å². The van der Waals surface area contributed by atoms with E-state index >= 15 is 0 Å². The first-order chi connectivity index (χ1) is 15.6. The first-order valence-electron chi connectivity index (χ1n) is 10.5. The van der Waals surface area contributed by atoms with Gasteiger partial charge in [-0.2, -0.15) is 0 Å². The van der Waals surface area contributed by atoms with Gasteiger partial charge >= 0.3 is 0 Å². The number of nitrogens with one attached hydrogen (secondary N) is 2. The summed E-state index contributed by atoms with van der Waals surface area (Å²) in [4.78, 5) is 25.3. The first-order valence-corrected chi connectivity index (χ1v) is 10.5. The normalized spacial score (nSPS) is 11.7. The smallest absolute Gasteiger partial charge is 0.291 e. The lowest BCUT2D eigenvalue weighted by atomic mass is 9.85. The van der Waals surface area contributed by atoms with Gasteiger partial charge in [0.2, 0.25) is 0 Å². The quantitative estimate of drug-likeness (QED) is 0.413. The molecule has 0 saturated heterocycles. The van der Waals surface area contributed by atoms with E-state index < -0.39 is 0 Å². The summed E-state index contributed by atoms with van der Waals surface area (Å²) in [5, 5.41) is 5.89. The summed E-state index contributed by atoms with van der Waals surface area (Å²) in [6, 6.07) is 30.2. The molecule has 1 unspecified atom stereocenters. The zero-order chi connectivity index (χ0) is 22.3. The topological polar surface area (TPSA) is 71.3 Å². The van der Waals surface area contributed by atoms with E-state index in [1.807, 2.05) is 43.3 Å². The molecule has 4 aromatic rings. The van der Waals surface area contributed by atoms with Gasteiger partial charge < -0.3 is 15.1 Å². The second-order valence-electron chi connectivity index (χ2n) is 7.57. The van der Waals surface area contributed by atoms with Crippen LogP contribution in [0.4, 0.5) is 5.69 Å². The third kappa shape index (κ3) is 4.95. The standard InChI is InChI=1S/C27H24N2O3/c1-19(25(20-10-4-2-5-11-20)21-12-6-3-7-13-21)28-26(30)22-14-8-15-23(18-22)29-27(31)24-16-9-17-32-24/h2-19,25H,1H3,(H,28,30)(H,29,31). The molecular weight excluding hydrogens is 400 g/mol. The van der Waals surface area contributed by atoms with Crippen molar-refractivity contribution in [1.29, 1.82) is 0 Å². The minimum atomic E-state index is -0.367. The maximum Gasteiger partial charge on any atom is 0.291 e. The third-order valence-electron chi connectivity index (χ3n) is 5.30. The molecule has 5 nitrogen and oxygen atoms in total. The summed E-state index contributed by atoms with van der Waals surface area (Å²) >= 11 is 0. The van der Waals surface area contributed by atoms with E-state index in [0.717, 1.165) is 11.1 Å². The van der Waals surface area contributed by atoms with Crippen molar-refractivity contribution < 1.29 is 14.0 Å². The molecule has 0 saturated carbocycles. The van der Waals surface area contributed by atoms with Crippen LogP contribution in [0.15, 0.2) is 108 Å². The molecule has 0 aliphatic rings. The molecule has 32 heavy (non-hydrogen) atoms. The SMILES string of the molecule is CC(NC(=O)c1cccc(NC(=O)c2ccco2)c1)C(c1ccccc1)c1ccccc1. The molecule has 0 fully saturated rings. The van der Waals surface area contributed by atoms with E-state index in [2.05, 4.69) is 34.9 Å². The monoisotopic (exact) mass is 424 g/mol. The van der Waals surface area contributed by atoms with Crippen molar-refractivity contribution in [3.63, 3.8) is 0 Å². The molecule has 5 heteroatoms. The Morgan fingerprint density at radius 2 is 1.41 bits per heavy atom. The molecule has 0 aliphatic heterocycles. The number of benzene rings is 3. The molecule has 0 aliphatic carbocycles. The van der Waals surface area contributed by atoms with Crippen LogP contribution in [0.5, 0.6) is 0 Å². The molecule has 2 N–H and O–H groups in total. The largest absolute Gasteiger partial charge is 0.459 e. The fraction of sp³-hybridized carbons (Fsp3) is 0.111. The zero-order valence-electron chi connectivity index (χ0n) is 17.7. The van der Waals surface area contributed by atoms with Crippen LogP contribution >= 0.6 is 0 Å². The molecule has 3 aromatic carbocycles. The fourth-order valence-corrected chi connectivity index (χ4v) is 3.80. The van der Waals surface area contributed by atoms with Crippen LogP contribution in [0, 0.1) is 0 Å². The predicted octanol–water partition coefficient (Wildman–Crippen LogP) is 5.48. The van der Waals surface area contributed by atoms with Crippen LogP contribution in [0.3, 0.4) is 0 Å². The average molecular weight is 425 g/mol. The van der Waals surface area contributed by atoms with Gasteiger partial charge in [0.05, 0.1) is 6.26 Å². The molecule has 0 bridgehead atoms. The summed E-state index contributed by atoms with van der Waals surface area (Å²) in [7, 11) is 0. The maximum atomic E-state index is 13.0. The molecule has 0 radical (unpaired) electrons. The highest BCUT2D eigenvalue weighted by molar-refractivity contribution is 6.03. The highest BCUT2D eigenvalue weighted by Crippen LogP contribution is 2.28. The van der Waals surface area contributed by atoms with E-state index in [0.29, 0.717) is 11.3 Å². The Balaban J connectivity index is 1.51. The van der Waals surface area contributed by atoms with Gasteiger partial charge in [0.1, 0.15) is 0 Å². The van der Waals surface area contributed by atoms with Gasteiger partial charge in [-0.15, -0.1) is 0 Å². The minimum absolute atomic E-state index is 0.00295. The van der Waals surface area contributed by atoms with Gasteiger partial charge in [-0.25, -0.2) is 0 Å². The van der Waals surface area contributed by atoms with Gasteiger partial charge in [-0.1, -0.05) is 66.7 Å². The van der Waals surface area contributed by atoms with Gasteiger partial charge in [-0.3, -0.25) is 9.59 Å². The van der Waals surface area contributed by atoms with Gasteiger partial charge in [0, 0.05) is 23.2 Å². The van der Waals surface area contributed by atoms with Crippen molar-refractivity contribution >= 4 is 17.5 Å². The molecule has 1 aromatic heterocycles. The Morgan fingerprint density at radius 3 is 2.00 bits per heavy atom. The number of hydrogen-bond donors (Lipinski definition) is 2. The number of carbonyl (C=O) groups excluding carboxylic acids is 2. The maximum absolute atomic E-state index is 13.0. The molecule has 1 atom stereocenters. The Labute approximate surface area is 187 Å². The molecule has 4 rings (SSSR count). The van der Waals surface area contributed by atoms with Gasteiger partial charge in [-0.05, 0) is 48.4 Å². The van der Waals surface area contributed by atoms with Gasteiger partial charge in [0.25, 0.3) is 11.8 Å². The van der Waals surface area contributed by atoms with E-state index in [1.165, 1.54) is 6.26 Å². The fourth-order valence-electron chi connectivity index (χ4n) is 3.80. The third-order valence-corrected chi connectivity index (χ3v) is 5.30. The van der Waals surface area contributed by atoms with Crippen LogP contribution in [0.25, 0.3) is 0 Å². The number of carbonyl (C=O) groups is 2. The number of rotatable bonds is 7. The number of amides is 2. The Bertz CT molecular complexity index is 1130. The molecular formula is C27H24N2O3.